The number of benzene rings is 2. The van der Waals surface area contributed by atoms with Crippen LogP contribution >= 0.6 is 0 Å². The van der Waals surface area contributed by atoms with Crippen LogP contribution in [-0.2, 0) is 14.8 Å². The zero-order valence-corrected chi connectivity index (χ0v) is 14.5. The lowest BCUT2D eigenvalue weighted by molar-refractivity contribution is -0.116. The Morgan fingerprint density at radius 3 is 1.96 bits per heavy atom. The van der Waals surface area contributed by atoms with Gasteiger partial charge in [-0.15, -0.1) is 0 Å². The van der Waals surface area contributed by atoms with Gasteiger partial charge in [-0.05, 0) is 42.8 Å². The van der Waals surface area contributed by atoms with Gasteiger partial charge in [-0.2, -0.15) is 0 Å². The van der Waals surface area contributed by atoms with Crippen molar-refractivity contribution in [3.05, 3.63) is 54.1 Å². The molecule has 0 aliphatic rings. The van der Waals surface area contributed by atoms with Crippen molar-refractivity contribution in [1.82, 2.24) is 0 Å². The molecule has 0 bridgehead atoms. The fourth-order valence-electron chi connectivity index (χ4n) is 2.20. The van der Waals surface area contributed by atoms with Crippen LogP contribution in [0.25, 0.3) is 0 Å². The van der Waals surface area contributed by atoms with E-state index in [4.69, 9.17) is 0 Å². The van der Waals surface area contributed by atoms with Crippen molar-refractivity contribution in [1.29, 1.82) is 0 Å². The molecular weight excluding hydrogens is 312 g/mol. The maximum Gasteiger partial charge on any atom is 0.264 e. The molecule has 0 aliphatic heterocycles. The van der Waals surface area contributed by atoms with Crippen LogP contribution in [0, 0.1) is 6.92 Å². The summed E-state index contributed by atoms with van der Waals surface area (Å²) >= 11 is 0. The van der Waals surface area contributed by atoms with Crippen molar-refractivity contribution in [2.75, 3.05) is 23.3 Å². The lowest BCUT2D eigenvalue weighted by Crippen LogP contribution is -2.27. The third-order valence-corrected chi connectivity index (χ3v) is 5.75. The van der Waals surface area contributed by atoms with E-state index >= 15 is 0 Å². The first-order valence-electron chi connectivity index (χ1n) is 7.14. The number of nitrogens with zero attached hydrogens (tertiary/aromatic N) is 2. The number of carbonyl (C=O) groups is 1. The first kappa shape index (κ1) is 17.0. The Balaban J connectivity index is 2.35. The average molecular weight is 332 g/mol. The Morgan fingerprint density at radius 1 is 0.913 bits per heavy atom. The van der Waals surface area contributed by atoms with Gasteiger partial charge in [0, 0.05) is 26.7 Å². The third kappa shape index (κ3) is 3.37. The number of hydrogen-bond donors (Lipinski definition) is 0. The predicted octanol–water partition coefficient (Wildman–Crippen LogP) is 2.80. The van der Waals surface area contributed by atoms with E-state index in [1.54, 1.807) is 62.5 Å². The van der Waals surface area contributed by atoms with E-state index in [2.05, 4.69) is 0 Å². The molecule has 0 fully saturated rings. The van der Waals surface area contributed by atoms with Crippen molar-refractivity contribution in [2.45, 2.75) is 18.7 Å². The van der Waals surface area contributed by atoms with Gasteiger partial charge >= 0.3 is 0 Å². The van der Waals surface area contributed by atoms with Crippen LogP contribution in [0.15, 0.2) is 53.4 Å². The molecule has 0 saturated carbocycles. The van der Waals surface area contributed by atoms with Crippen LogP contribution < -0.4 is 9.21 Å². The third-order valence-electron chi connectivity index (χ3n) is 3.80. The first-order valence-corrected chi connectivity index (χ1v) is 8.58. The van der Waals surface area contributed by atoms with Gasteiger partial charge in [-0.1, -0.05) is 18.2 Å². The molecule has 122 valence electrons. The molecule has 0 aromatic heterocycles. The fourth-order valence-corrected chi connectivity index (χ4v) is 3.62. The summed E-state index contributed by atoms with van der Waals surface area (Å²) in [6, 6.07) is 13.7. The van der Waals surface area contributed by atoms with Gasteiger partial charge in [0.1, 0.15) is 0 Å². The average Bonchev–Trinajstić information content (AvgIpc) is 2.53. The smallest absolute Gasteiger partial charge is 0.264 e. The molecule has 5 nitrogen and oxygen atoms in total. The maximum atomic E-state index is 12.7. The summed E-state index contributed by atoms with van der Waals surface area (Å²) in [5.41, 5.74) is 1.95. The molecular formula is C17H20N2O3S. The highest BCUT2D eigenvalue weighted by molar-refractivity contribution is 7.92. The van der Waals surface area contributed by atoms with E-state index in [0.717, 1.165) is 0 Å². The predicted molar refractivity (Wildman–Crippen MR) is 92.3 cm³/mol. The van der Waals surface area contributed by atoms with Gasteiger partial charge in [-0.3, -0.25) is 9.10 Å². The Labute approximate surface area is 137 Å². The Bertz CT molecular complexity index is 814. The van der Waals surface area contributed by atoms with E-state index in [9.17, 15) is 13.2 Å². The summed E-state index contributed by atoms with van der Waals surface area (Å²) in [5.74, 6) is -0.0846. The zero-order valence-electron chi connectivity index (χ0n) is 13.6. The summed E-state index contributed by atoms with van der Waals surface area (Å²) in [6.07, 6.45) is 0. The second-order valence-electron chi connectivity index (χ2n) is 5.33. The SMILES string of the molecule is CC(=O)N(C)c1ccc(N(C)S(=O)(=O)c2ccccc2C)cc1. The molecule has 2 aromatic rings. The minimum atomic E-state index is -3.62. The van der Waals surface area contributed by atoms with E-state index in [1.807, 2.05) is 0 Å². The summed E-state index contributed by atoms with van der Waals surface area (Å²) in [5, 5.41) is 0. The van der Waals surface area contributed by atoms with Gasteiger partial charge in [0.15, 0.2) is 0 Å². The Morgan fingerprint density at radius 2 is 1.43 bits per heavy atom. The summed E-state index contributed by atoms with van der Waals surface area (Å²) < 4.78 is 26.7. The number of hydrogen-bond acceptors (Lipinski definition) is 3. The molecule has 0 radical (unpaired) electrons. The zero-order chi connectivity index (χ0) is 17.2. The van der Waals surface area contributed by atoms with E-state index in [1.165, 1.54) is 23.2 Å². The maximum absolute atomic E-state index is 12.7. The fraction of sp³-hybridized carbons (Fsp3) is 0.235. The van der Waals surface area contributed by atoms with Crippen LogP contribution in [0.2, 0.25) is 0 Å². The number of aryl methyl sites for hydroxylation is 1. The molecule has 0 aliphatic carbocycles. The van der Waals surface area contributed by atoms with Crippen LogP contribution in [0.3, 0.4) is 0 Å². The normalized spacial score (nSPS) is 11.1. The van der Waals surface area contributed by atoms with Crippen molar-refractivity contribution in [2.24, 2.45) is 0 Å². The standard InChI is InChI=1S/C17H20N2O3S/c1-13-7-5-6-8-17(13)23(21,22)19(4)16-11-9-15(10-12-16)18(3)14(2)20/h5-12H,1-4H3. The molecule has 0 unspecified atom stereocenters. The number of rotatable bonds is 4. The number of sulfonamides is 1. The monoisotopic (exact) mass is 332 g/mol. The number of anilines is 2. The largest absolute Gasteiger partial charge is 0.316 e. The van der Waals surface area contributed by atoms with Crippen LogP contribution in [0.5, 0.6) is 0 Å². The first-order chi connectivity index (χ1) is 10.7. The molecule has 0 atom stereocenters. The van der Waals surface area contributed by atoms with Gasteiger partial charge in [0.05, 0.1) is 10.6 Å². The molecule has 0 N–H and O–H groups in total. The van der Waals surface area contributed by atoms with Gasteiger partial charge in [0.25, 0.3) is 10.0 Å². The number of amides is 1. The molecule has 2 rings (SSSR count). The topological polar surface area (TPSA) is 57.7 Å². The van der Waals surface area contributed by atoms with Crippen molar-refractivity contribution >= 4 is 27.3 Å². The van der Waals surface area contributed by atoms with E-state index in [-0.39, 0.29) is 10.8 Å². The van der Waals surface area contributed by atoms with Gasteiger partial charge in [-0.25, -0.2) is 8.42 Å². The number of carbonyl (C=O) groups excluding carboxylic acids is 1. The summed E-state index contributed by atoms with van der Waals surface area (Å²) in [7, 11) is -0.428. The Hall–Kier alpha value is -2.34. The summed E-state index contributed by atoms with van der Waals surface area (Å²) in [6.45, 7) is 3.24. The molecule has 0 heterocycles. The van der Waals surface area contributed by atoms with E-state index in [0.29, 0.717) is 16.9 Å². The highest BCUT2D eigenvalue weighted by Gasteiger charge is 2.22. The van der Waals surface area contributed by atoms with Crippen LogP contribution in [-0.4, -0.2) is 28.4 Å². The van der Waals surface area contributed by atoms with Crippen LogP contribution in [0.4, 0.5) is 11.4 Å². The van der Waals surface area contributed by atoms with Crippen molar-refractivity contribution in [3.8, 4) is 0 Å². The lowest BCUT2D eigenvalue weighted by atomic mass is 10.2. The molecule has 0 spiro atoms. The molecule has 2 aromatic carbocycles. The van der Waals surface area contributed by atoms with Gasteiger partial charge in [0.2, 0.25) is 5.91 Å². The van der Waals surface area contributed by atoms with Gasteiger partial charge < -0.3 is 4.90 Å². The lowest BCUT2D eigenvalue weighted by Gasteiger charge is -2.22. The minimum Gasteiger partial charge on any atom is -0.316 e. The van der Waals surface area contributed by atoms with Crippen molar-refractivity contribution < 1.29 is 13.2 Å². The quantitative estimate of drug-likeness (QED) is 0.865. The minimum absolute atomic E-state index is 0.0846. The molecule has 0 saturated heterocycles. The highest BCUT2D eigenvalue weighted by Crippen LogP contribution is 2.26. The highest BCUT2D eigenvalue weighted by atomic mass is 32.2. The second-order valence-corrected chi connectivity index (χ2v) is 7.27. The summed E-state index contributed by atoms with van der Waals surface area (Å²) in [4.78, 5) is 13.1. The van der Waals surface area contributed by atoms with Crippen molar-refractivity contribution in [3.63, 3.8) is 0 Å². The van der Waals surface area contributed by atoms with E-state index < -0.39 is 10.0 Å². The molecule has 23 heavy (non-hydrogen) atoms. The molecule has 1 amide bonds. The van der Waals surface area contributed by atoms with Crippen LogP contribution in [0.1, 0.15) is 12.5 Å². The second kappa shape index (κ2) is 6.42. The Kier molecular flexibility index (Phi) is 4.75. The molecule has 6 heteroatoms.